The van der Waals surface area contributed by atoms with Crippen molar-refractivity contribution < 1.29 is 23.7 Å². The quantitative estimate of drug-likeness (QED) is 0.649. The Hall–Kier alpha value is -0.200. The first-order chi connectivity index (χ1) is 6.78. The van der Waals surface area contributed by atoms with E-state index in [1.165, 1.54) is 0 Å². The van der Waals surface area contributed by atoms with Crippen molar-refractivity contribution in [3.63, 3.8) is 0 Å². The standard InChI is InChI=1S/C9H18O5/c1-10-6-5-14-9(13-4)8(12-3)7(6)11-2/h6-9H,5H2,1-4H3/t6-,7+,8-,9-/m1/s1. The molecule has 1 saturated heterocycles. The topological polar surface area (TPSA) is 46.2 Å². The van der Waals surface area contributed by atoms with Crippen LogP contribution in [-0.2, 0) is 23.7 Å². The molecular formula is C9H18O5. The maximum absolute atomic E-state index is 5.41. The number of methoxy groups -OCH3 is 4. The van der Waals surface area contributed by atoms with E-state index in [9.17, 15) is 0 Å². The molecule has 0 saturated carbocycles. The van der Waals surface area contributed by atoms with E-state index in [1.807, 2.05) is 0 Å². The van der Waals surface area contributed by atoms with E-state index in [2.05, 4.69) is 0 Å². The molecule has 0 bridgehead atoms. The van der Waals surface area contributed by atoms with Crippen LogP contribution in [0.15, 0.2) is 0 Å². The summed E-state index contributed by atoms with van der Waals surface area (Å²) in [6.45, 7) is 0.452. The molecule has 1 aliphatic rings. The van der Waals surface area contributed by atoms with Crippen LogP contribution in [-0.4, -0.2) is 59.6 Å². The van der Waals surface area contributed by atoms with Gasteiger partial charge in [-0.2, -0.15) is 0 Å². The molecule has 0 radical (unpaired) electrons. The third kappa shape index (κ3) is 2.24. The van der Waals surface area contributed by atoms with Gasteiger partial charge in [0.25, 0.3) is 0 Å². The van der Waals surface area contributed by atoms with Crippen molar-refractivity contribution in [2.45, 2.75) is 24.6 Å². The third-order valence-corrected chi connectivity index (χ3v) is 2.46. The zero-order chi connectivity index (χ0) is 10.6. The fourth-order valence-corrected chi connectivity index (χ4v) is 1.68. The second kappa shape index (κ2) is 5.63. The van der Waals surface area contributed by atoms with Crippen LogP contribution in [0.5, 0.6) is 0 Å². The summed E-state index contributed by atoms with van der Waals surface area (Å²) < 4.78 is 26.4. The van der Waals surface area contributed by atoms with Crippen LogP contribution in [0.25, 0.3) is 0 Å². The van der Waals surface area contributed by atoms with E-state index in [-0.39, 0.29) is 18.3 Å². The van der Waals surface area contributed by atoms with E-state index in [0.717, 1.165) is 0 Å². The average molecular weight is 206 g/mol. The minimum absolute atomic E-state index is 0.114. The monoisotopic (exact) mass is 206 g/mol. The molecule has 5 heteroatoms. The second-order valence-electron chi connectivity index (χ2n) is 3.11. The van der Waals surface area contributed by atoms with Gasteiger partial charge in [0.15, 0.2) is 6.29 Å². The largest absolute Gasteiger partial charge is 0.376 e. The number of rotatable bonds is 4. The van der Waals surface area contributed by atoms with Gasteiger partial charge in [-0.25, -0.2) is 0 Å². The molecule has 0 aromatic heterocycles. The molecule has 0 aromatic rings. The summed E-state index contributed by atoms with van der Waals surface area (Å²) in [5.41, 5.74) is 0. The van der Waals surface area contributed by atoms with E-state index in [1.54, 1.807) is 28.4 Å². The third-order valence-electron chi connectivity index (χ3n) is 2.46. The summed E-state index contributed by atoms with van der Waals surface area (Å²) >= 11 is 0. The first-order valence-electron chi connectivity index (χ1n) is 4.51. The summed E-state index contributed by atoms with van der Waals surface area (Å²) in [6, 6.07) is 0. The Morgan fingerprint density at radius 3 is 1.93 bits per heavy atom. The molecule has 1 rings (SSSR count). The molecule has 84 valence electrons. The summed E-state index contributed by atoms with van der Waals surface area (Å²) in [4.78, 5) is 0. The van der Waals surface area contributed by atoms with Crippen LogP contribution in [0.4, 0.5) is 0 Å². The Kier molecular flexibility index (Phi) is 4.77. The Bertz CT molecular complexity index is 145. The lowest BCUT2D eigenvalue weighted by molar-refractivity contribution is -0.276. The van der Waals surface area contributed by atoms with Crippen molar-refractivity contribution in [3.8, 4) is 0 Å². The van der Waals surface area contributed by atoms with Crippen LogP contribution < -0.4 is 0 Å². The Morgan fingerprint density at radius 1 is 0.857 bits per heavy atom. The maximum atomic E-state index is 5.41. The highest BCUT2D eigenvalue weighted by Crippen LogP contribution is 2.22. The second-order valence-corrected chi connectivity index (χ2v) is 3.11. The lowest BCUT2D eigenvalue weighted by atomic mass is 10.0. The van der Waals surface area contributed by atoms with E-state index in [0.29, 0.717) is 6.61 Å². The molecule has 0 unspecified atom stereocenters. The molecule has 0 spiro atoms. The average Bonchev–Trinajstić information content (AvgIpc) is 2.26. The zero-order valence-electron chi connectivity index (χ0n) is 9.06. The van der Waals surface area contributed by atoms with Crippen molar-refractivity contribution in [1.82, 2.24) is 0 Å². The van der Waals surface area contributed by atoms with Crippen molar-refractivity contribution in [2.24, 2.45) is 0 Å². The molecule has 5 nitrogen and oxygen atoms in total. The zero-order valence-corrected chi connectivity index (χ0v) is 9.06. The van der Waals surface area contributed by atoms with Crippen molar-refractivity contribution in [1.29, 1.82) is 0 Å². The first kappa shape index (κ1) is 11.9. The van der Waals surface area contributed by atoms with Gasteiger partial charge in [0.2, 0.25) is 0 Å². The van der Waals surface area contributed by atoms with Gasteiger partial charge in [-0.3, -0.25) is 0 Å². The molecule has 0 amide bonds. The lowest BCUT2D eigenvalue weighted by Gasteiger charge is -2.39. The van der Waals surface area contributed by atoms with E-state index >= 15 is 0 Å². The van der Waals surface area contributed by atoms with Crippen molar-refractivity contribution >= 4 is 0 Å². The molecule has 4 atom stereocenters. The lowest BCUT2D eigenvalue weighted by Crippen LogP contribution is -2.55. The van der Waals surface area contributed by atoms with Gasteiger partial charge in [0, 0.05) is 28.4 Å². The highest BCUT2D eigenvalue weighted by molar-refractivity contribution is 4.85. The minimum Gasteiger partial charge on any atom is -0.376 e. The van der Waals surface area contributed by atoms with Crippen LogP contribution in [0.1, 0.15) is 0 Å². The molecule has 0 aromatic carbocycles. The van der Waals surface area contributed by atoms with Gasteiger partial charge < -0.3 is 23.7 Å². The van der Waals surface area contributed by atoms with Crippen molar-refractivity contribution in [3.05, 3.63) is 0 Å². The van der Waals surface area contributed by atoms with Gasteiger partial charge in [-0.15, -0.1) is 0 Å². The fraction of sp³-hybridized carbons (Fsp3) is 1.00. The van der Waals surface area contributed by atoms with E-state index < -0.39 is 6.29 Å². The number of hydrogen-bond donors (Lipinski definition) is 0. The summed E-state index contributed by atoms with van der Waals surface area (Å²) in [5.74, 6) is 0. The molecule has 0 N–H and O–H groups in total. The summed E-state index contributed by atoms with van der Waals surface area (Å²) in [6.07, 6.45) is -0.930. The number of ether oxygens (including phenoxy) is 5. The first-order valence-corrected chi connectivity index (χ1v) is 4.51. The molecular weight excluding hydrogens is 188 g/mol. The molecule has 14 heavy (non-hydrogen) atoms. The predicted octanol–water partition coefficient (Wildman–Crippen LogP) is 0.0341. The molecule has 0 aliphatic carbocycles. The minimum atomic E-state index is -0.392. The summed E-state index contributed by atoms with van der Waals surface area (Å²) in [7, 11) is 6.43. The fourth-order valence-electron chi connectivity index (χ4n) is 1.68. The van der Waals surface area contributed by atoms with Crippen LogP contribution >= 0.6 is 0 Å². The van der Waals surface area contributed by atoms with E-state index in [4.69, 9.17) is 23.7 Å². The van der Waals surface area contributed by atoms with Gasteiger partial charge in [0.1, 0.15) is 18.3 Å². The van der Waals surface area contributed by atoms with Crippen LogP contribution in [0.2, 0.25) is 0 Å². The van der Waals surface area contributed by atoms with Crippen LogP contribution in [0, 0.1) is 0 Å². The molecule has 1 fully saturated rings. The smallest absolute Gasteiger partial charge is 0.186 e. The Labute approximate surface area is 84.2 Å². The highest BCUT2D eigenvalue weighted by Gasteiger charge is 2.41. The van der Waals surface area contributed by atoms with Gasteiger partial charge in [0.05, 0.1) is 6.61 Å². The van der Waals surface area contributed by atoms with Gasteiger partial charge >= 0.3 is 0 Å². The van der Waals surface area contributed by atoms with Crippen LogP contribution in [0.3, 0.4) is 0 Å². The molecule has 1 heterocycles. The normalized spacial score (nSPS) is 38.6. The number of hydrogen-bond acceptors (Lipinski definition) is 5. The Morgan fingerprint density at radius 2 is 1.50 bits per heavy atom. The highest BCUT2D eigenvalue weighted by atomic mass is 16.7. The predicted molar refractivity (Wildman–Crippen MR) is 49.1 cm³/mol. The van der Waals surface area contributed by atoms with Gasteiger partial charge in [-0.05, 0) is 0 Å². The summed E-state index contributed by atoms with van der Waals surface area (Å²) in [5, 5.41) is 0. The van der Waals surface area contributed by atoms with Crippen molar-refractivity contribution in [2.75, 3.05) is 35.0 Å². The van der Waals surface area contributed by atoms with Gasteiger partial charge in [-0.1, -0.05) is 0 Å². The maximum Gasteiger partial charge on any atom is 0.186 e. The Balaban J connectivity index is 2.67. The SMILES string of the molecule is CO[C@@H]1OC[C@@H](OC)[C@H](OC)[C@H]1OC. The molecule has 1 aliphatic heterocycles.